The van der Waals surface area contributed by atoms with Gasteiger partial charge in [-0.25, -0.2) is 0 Å². The highest BCUT2D eigenvalue weighted by atomic mass is 16.3. The molecule has 0 aliphatic carbocycles. The Balaban J connectivity index is 0.000000186. The maximum atomic E-state index is 10.1. The van der Waals surface area contributed by atoms with Crippen LogP contribution in [0.2, 0.25) is 0 Å². The molecule has 0 aliphatic heterocycles. The summed E-state index contributed by atoms with van der Waals surface area (Å²) in [7, 11) is 0. The maximum Gasteiger partial charge on any atom is 0.136 e. The molecule has 0 spiro atoms. The maximum absolute atomic E-state index is 10.1. The molecule has 0 aliphatic rings. The van der Waals surface area contributed by atoms with E-state index >= 15 is 0 Å². The smallest absolute Gasteiger partial charge is 0.136 e. The van der Waals surface area contributed by atoms with Gasteiger partial charge in [-0.2, -0.15) is 0 Å². The van der Waals surface area contributed by atoms with Gasteiger partial charge in [0.25, 0.3) is 0 Å². The van der Waals surface area contributed by atoms with E-state index in [4.69, 9.17) is 56.8 Å². The SMILES string of the molecule is [2H]c1c(-c2c([2H])c([2H])c3c([2H])c([2H])c([2H])c([2H])c3c2-c2c3c([2H])c([2H])c([2H])c([2H])c3c(-c3c([2H])c([2H])c([2H])c4c([2H])c([2H])c([2H])c([2H])c34)c3c([2H])c([2H])c([2H])c([2H])c23)c([2H])c2c(oc3c([2H])c([2H])c4c([2H])c([2H])c([2H])c([2H])c4c32)c1[2H].[2H]c1c(-c2c([2H])c([2H])c3c([2H])c([2H])c([2H])c([2H])c3c2-c2c3c([2H])c([2H])c([2H])c([2H])c3c(-c3c([2H])c([2H])c4c([2H])c([2H])c([2H])c([2H])c4c3[2H])c3c([2H])c([2H])c([2H])c([2H])c23)c([2H])c2c(oc3c([2H])c([2H])c4c([2H])c([2H])c([2H])c([2H])c4c32)c1[2H]. The summed E-state index contributed by atoms with van der Waals surface area (Å²) in [5.74, 6) is 0. The molecule has 2 heteroatoms. The number of benzene rings is 20. The number of rotatable bonds is 6. The molecule has 102 heavy (non-hydrogen) atoms. The Morgan fingerprint density at radius 2 is 0.461 bits per heavy atom. The van der Waals surface area contributed by atoms with Crippen LogP contribution in [-0.4, -0.2) is 0 Å². The molecule has 0 unspecified atom stereocenters. The summed E-state index contributed by atoms with van der Waals surface area (Å²) in [6.45, 7) is 0. The van der Waals surface area contributed by atoms with Gasteiger partial charge < -0.3 is 8.83 Å². The Hall–Kier alpha value is -13.4. The van der Waals surface area contributed by atoms with Crippen molar-refractivity contribution in [3.63, 3.8) is 0 Å². The molecule has 2 heterocycles. The van der Waals surface area contributed by atoms with Crippen LogP contribution < -0.4 is 0 Å². The first kappa shape index (κ1) is 23.9. The predicted molar refractivity (Wildman–Crippen MR) is 435 cm³/mol. The zero-order valence-electron chi connectivity index (χ0n) is 111. The summed E-state index contributed by atoms with van der Waals surface area (Å²) in [5, 5.41) is -16.9. The summed E-state index contributed by atoms with van der Waals surface area (Å²) in [4.78, 5) is 0. The van der Waals surface area contributed by atoms with E-state index in [0.29, 0.717) is 0 Å². The fourth-order valence-electron chi connectivity index (χ4n) is 13.0. The molecule has 2 nitrogen and oxygen atoms in total. The second kappa shape index (κ2) is 23.1. The van der Waals surface area contributed by atoms with Crippen LogP contribution in [0.25, 0.3) is 218 Å². The Morgan fingerprint density at radius 3 is 0.912 bits per heavy atom. The van der Waals surface area contributed by atoms with Crippen LogP contribution in [0.15, 0.2) is 371 Å². The summed E-state index contributed by atoms with van der Waals surface area (Å²) in [6, 6.07) is -58.6. The molecule has 0 atom stereocenters. The van der Waals surface area contributed by atoms with Gasteiger partial charge in [-0.1, -0.05) is 320 Å². The third-order valence-electron chi connectivity index (χ3n) is 17.2. The van der Waals surface area contributed by atoms with E-state index in [-0.39, 0.29) is 0 Å². The predicted octanol–water partition coefficient (Wildman–Crippen LogP) is 28.7. The van der Waals surface area contributed by atoms with E-state index in [9.17, 15) is 34.3 Å². The van der Waals surface area contributed by atoms with Gasteiger partial charge in [-0.3, -0.25) is 0 Å². The van der Waals surface area contributed by atoms with Crippen LogP contribution in [0.3, 0.4) is 0 Å². The van der Waals surface area contributed by atoms with Crippen LogP contribution in [0.1, 0.15) is 82.2 Å². The molecule has 22 aromatic rings. The lowest BCUT2D eigenvalue weighted by molar-refractivity contribution is 0.669. The summed E-state index contributed by atoms with van der Waals surface area (Å²) < 4.78 is 562. The first-order valence-corrected chi connectivity index (χ1v) is 30.3. The van der Waals surface area contributed by atoms with Crippen molar-refractivity contribution in [2.45, 2.75) is 0 Å². The van der Waals surface area contributed by atoms with Crippen molar-refractivity contribution in [2.75, 3.05) is 0 Å². The molecule has 0 radical (unpaired) electrons. The molecule has 0 saturated carbocycles. The minimum absolute atomic E-state index is 0.468. The molecule has 22 rings (SSSR count). The molecule has 472 valence electrons. The monoisotopic (exact) mass is 1350 g/mol. The van der Waals surface area contributed by atoms with Crippen molar-refractivity contribution < 1.29 is 91.1 Å². The van der Waals surface area contributed by atoms with Crippen molar-refractivity contribution in [3.05, 3.63) is 363 Å². The van der Waals surface area contributed by atoms with E-state index in [1.807, 2.05) is 0 Å². The van der Waals surface area contributed by atoms with Gasteiger partial charge in [-0.05, 0) is 217 Å². The molecule has 0 bridgehead atoms. The Morgan fingerprint density at radius 1 is 0.157 bits per heavy atom. The average Bonchev–Trinajstić information content (AvgIpc) is 0.695. The molecule has 0 N–H and O–H groups in total. The topological polar surface area (TPSA) is 26.3 Å². The van der Waals surface area contributed by atoms with Crippen LogP contribution in [0.4, 0.5) is 0 Å². The van der Waals surface area contributed by atoms with Crippen molar-refractivity contribution in [1.82, 2.24) is 0 Å². The first-order chi connectivity index (χ1) is 75.6. The van der Waals surface area contributed by atoms with Crippen LogP contribution in [0, 0.1) is 0 Å². The minimum atomic E-state index is -1.13. The van der Waals surface area contributed by atoms with E-state index in [2.05, 4.69) is 0 Å². The van der Waals surface area contributed by atoms with Gasteiger partial charge in [0.15, 0.2) is 0 Å². The second-order valence-corrected chi connectivity index (χ2v) is 22.5. The number of fused-ring (bicyclic) bond motifs is 18. The quantitative estimate of drug-likeness (QED) is 0.155. The van der Waals surface area contributed by atoms with Crippen LogP contribution >= 0.6 is 0 Å². The highest BCUT2D eigenvalue weighted by Crippen LogP contribution is 2.53. The van der Waals surface area contributed by atoms with Gasteiger partial charge in [0.1, 0.15) is 22.3 Å². The fraction of sp³-hybridized carbons (Fsp3) is 0. The third kappa shape index (κ3) is 9.00. The lowest BCUT2D eigenvalue weighted by Gasteiger charge is -2.22. The molecule has 2 aromatic heterocycles. The molecule has 20 aromatic carbocycles. The average molecular weight is 1350 g/mol. The normalized spacial score (nSPS) is 20.2. The molecule has 0 amide bonds. The summed E-state index contributed by atoms with van der Waals surface area (Å²) in [5.41, 5.74) is -13.0. The van der Waals surface area contributed by atoms with E-state index in [1.165, 1.54) is 0 Å². The number of hydrogen-bond donors (Lipinski definition) is 0. The lowest BCUT2D eigenvalue weighted by atomic mass is 9.81. The van der Waals surface area contributed by atoms with Crippen LogP contribution in [0.5, 0.6) is 0 Å². The highest BCUT2D eigenvalue weighted by molar-refractivity contribution is 6.29. The van der Waals surface area contributed by atoms with Crippen molar-refractivity contribution in [2.24, 2.45) is 0 Å². The first-order valence-electron chi connectivity index (χ1n) is 60.3. The zero-order chi connectivity index (χ0) is 119. The lowest BCUT2D eigenvalue weighted by Crippen LogP contribution is -1.94. The van der Waals surface area contributed by atoms with Gasteiger partial charge in [0, 0.05) is 21.5 Å². The summed E-state index contributed by atoms with van der Waals surface area (Å²) >= 11 is 0. The molecular formula is C100H60O2. The molecule has 0 fully saturated rings. The van der Waals surface area contributed by atoms with E-state index in [0.717, 1.165) is 0 Å². The van der Waals surface area contributed by atoms with Gasteiger partial charge in [0.2, 0.25) is 0 Å². The second-order valence-electron chi connectivity index (χ2n) is 22.5. The Bertz CT molecular complexity index is 10900. The fourth-order valence-corrected chi connectivity index (χ4v) is 13.0. The van der Waals surface area contributed by atoms with E-state index in [1.54, 1.807) is 0 Å². The minimum Gasteiger partial charge on any atom is -0.456 e. The van der Waals surface area contributed by atoms with Gasteiger partial charge in [0.05, 0.1) is 82.2 Å². The largest absolute Gasteiger partial charge is 0.456 e. The van der Waals surface area contributed by atoms with Gasteiger partial charge >= 0.3 is 0 Å². The number of furan rings is 2. The van der Waals surface area contributed by atoms with Gasteiger partial charge in [-0.15, -0.1) is 0 Å². The molecular weight excluding hydrogens is 1230 g/mol. The van der Waals surface area contributed by atoms with Crippen molar-refractivity contribution in [3.8, 4) is 66.8 Å². The Kier molecular flexibility index (Phi) is 5.42. The third-order valence-corrected chi connectivity index (χ3v) is 17.2. The highest BCUT2D eigenvalue weighted by Gasteiger charge is 2.25. The molecule has 0 saturated heterocycles. The number of hydrogen-bond acceptors (Lipinski definition) is 2. The van der Waals surface area contributed by atoms with Crippen molar-refractivity contribution >= 4 is 152 Å². The zero-order valence-corrected chi connectivity index (χ0v) is 50.8. The standard InChI is InChI=1S/2C50H30O/c1-4-16-35-31(12-1)15-11-23-39(35)47-40-19-7-9-21-42(40)50(43-22-10-8-20-41(43)47)49-37-18-6-3-13-32(37)24-27-38(49)34-26-28-45-44(30-34)48-36-17-5-2-14-33(36)25-29-46(48)51-45;1-2-14-34-29-36(22-21-31(34)11-1)47-40-17-7-9-19-42(40)50(43-20-10-8-18-41(43)47)49-38-16-6-4-12-32(38)23-26-39(49)35-25-27-45-44(30-35)48-37-15-5-3-13-33(37)24-28-46(48)51-45/h2*1-30H/i2*1D,2D,3D,4D,5D,6D,7D,8D,9D,10D,11D,12D,13D,14D,15D,16D,17D,18D,19D,20D,21D,22D,23D,24D,25D,26D,27D,28D,29D,30D. The van der Waals surface area contributed by atoms with Crippen molar-refractivity contribution in [1.29, 1.82) is 0 Å². The Labute approximate surface area is 671 Å². The van der Waals surface area contributed by atoms with Crippen LogP contribution in [-0.2, 0) is 0 Å². The van der Waals surface area contributed by atoms with E-state index < -0.39 is 581 Å². The summed E-state index contributed by atoms with van der Waals surface area (Å²) in [6.07, 6.45) is 0.